The van der Waals surface area contributed by atoms with Crippen molar-refractivity contribution in [3.8, 4) is 11.1 Å². The van der Waals surface area contributed by atoms with Gasteiger partial charge in [0.25, 0.3) is 5.56 Å². The molecule has 0 amide bonds. The standard InChI is InChI=1S/C20H15F2N3O3/c1-8-10(12-6-14(22)15(23)7-13(12)21)4-5-11-17(8)25(9-2-3-9)19(26)16-18(11)28-20(27)24-16/h4-7,9H,2-3,23H2,1H3,(H,24,27). The lowest BCUT2D eigenvalue weighted by Crippen LogP contribution is -2.21. The molecule has 0 atom stereocenters. The maximum Gasteiger partial charge on any atom is 0.417 e. The van der Waals surface area contributed by atoms with Crippen molar-refractivity contribution in [1.29, 1.82) is 0 Å². The summed E-state index contributed by atoms with van der Waals surface area (Å²) < 4.78 is 35.3. The molecule has 2 aromatic carbocycles. The Morgan fingerprint density at radius 2 is 1.89 bits per heavy atom. The van der Waals surface area contributed by atoms with Gasteiger partial charge in [-0.3, -0.25) is 9.78 Å². The van der Waals surface area contributed by atoms with Crippen molar-refractivity contribution < 1.29 is 13.2 Å². The summed E-state index contributed by atoms with van der Waals surface area (Å²) in [5.74, 6) is -2.09. The van der Waals surface area contributed by atoms with Crippen molar-refractivity contribution in [3.05, 3.63) is 62.4 Å². The minimum atomic E-state index is -0.720. The number of aromatic amines is 1. The molecule has 0 saturated heterocycles. The molecule has 1 fully saturated rings. The number of nitrogens with two attached hydrogens (primary N) is 1. The number of benzene rings is 2. The van der Waals surface area contributed by atoms with Crippen LogP contribution in [0.5, 0.6) is 0 Å². The zero-order valence-electron chi connectivity index (χ0n) is 14.8. The number of aromatic nitrogens is 2. The molecule has 3 N–H and O–H groups in total. The van der Waals surface area contributed by atoms with Gasteiger partial charge in [0.15, 0.2) is 11.1 Å². The van der Waals surface area contributed by atoms with E-state index in [9.17, 15) is 18.4 Å². The second-order valence-corrected chi connectivity index (χ2v) is 7.11. The molecule has 1 aliphatic rings. The van der Waals surface area contributed by atoms with Gasteiger partial charge in [-0.2, -0.15) is 0 Å². The van der Waals surface area contributed by atoms with Crippen LogP contribution in [0.1, 0.15) is 24.4 Å². The fourth-order valence-corrected chi connectivity index (χ4v) is 3.83. The number of nitrogens with one attached hydrogen (secondary N) is 1. The number of anilines is 1. The molecular weight excluding hydrogens is 368 g/mol. The predicted molar refractivity (Wildman–Crippen MR) is 101 cm³/mol. The lowest BCUT2D eigenvalue weighted by molar-refractivity contribution is 0.557. The number of fused-ring (bicyclic) bond motifs is 3. The maximum absolute atomic E-state index is 14.5. The number of hydrogen-bond acceptors (Lipinski definition) is 4. The lowest BCUT2D eigenvalue weighted by atomic mass is 9.96. The SMILES string of the molecule is Cc1c(-c2cc(F)c(N)cc2F)ccc2c3oc(=O)[nH]c3c(=O)n(C3CC3)c12. The number of aryl methyl sites for hydroxylation is 1. The van der Waals surface area contributed by atoms with E-state index in [0.717, 1.165) is 25.0 Å². The highest BCUT2D eigenvalue weighted by molar-refractivity contribution is 6.04. The third-order valence-corrected chi connectivity index (χ3v) is 5.29. The molecule has 0 bridgehead atoms. The Labute approximate surface area is 156 Å². The molecule has 8 heteroatoms. The molecule has 1 saturated carbocycles. The van der Waals surface area contributed by atoms with Crippen LogP contribution in [-0.2, 0) is 0 Å². The van der Waals surface area contributed by atoms with Gasteiger partial charge in [-0.05, 0) is 43.0 Å². The molecule has 0 radical (unpaired) electrons. The Balaban J connectivity index is 1.93. The molecule has 4 aromatic rings. The highest BCUT2D eigenvalue weighted by atomic mass is 19.1. The van der Waals surface area contributed by atoms with E-state index >= 15 is 0 Å². The average molecular weight is 383 g/mol. The smallest absolute Gasteiger partial charge is 0.407 e. The summed E-state index contributed by atoms with van der Waals surface area (Å²) in [6.07, 6.45) is 1.66. The monoisotopic (exact) mass is 383 g/mol. The first-order valence-corrected chi connectivity index (χ1v) is 8.82. The molecular formula is C20H15F2N3O3. The predicted octanol–water partition coefficient (Wildman–Crippen LogP) is 3.61. The van der Waals surface area contributed by atoms with Crippen molar-refractivity contribution in [2.75, 3.05) is 5.73 Å². The van der Waals surface area contributed by atoms with Crippen LogP contribution >= 0.6 is 0 Å². The number of H-pyrrole nitrogens is 1. The summed E-state index contributed by atoms with van der Waals surface area (Å²) in [7, 11) is 0. The van der Waals surface area contributed by atoms with Crippen LogP contribution in [0, 0.1) is 18.6 Å². The van der Waals surface area contributed by atoms with Crippen molar-refractivity contribution in [2.45, 2.75) is 25.8 Å². The zero-order valence-corrected chi connectivity index (χ0v) is 14.8. The summed E-state index contributed by atoms with van der Waals surface area (Å²) in [5, 5.41) is 0.567. The van der Waals surface area contributed by atoms with Gasteiger partial charge in [0.2, 0.25) is 0 Å². The summed E-state index contributed by atoms with van der Waals surface area (Å²) in [4.78, 5) is 27.1. The first kappa shape index (κ1) is 16.7. The van der Waals surface area contributed by atoms with Gasteiger partial charge >= 0.3 is 5.76 Å². The van der Waals surface area contributed by atoms with Crippen LogP contribution in [0.15, 0.2) is 38.3 Å². The molecule has 6 nitrogen and oxygen atoms in total. The Morgan fingerprint density at radius 3 is 2.61 bits per heavy atom. The van der Waals surface area contributed by atoms with E-state index in [1.54, 1.807) is 23.6 Å². The molecule has 2 heterocycles. The Kier molecular flexibility index (Phi) is 3.31. The largest absolute Gasteiger partial charge is 0.417 e. The summed E-state index contributed by atoms with van der Waals surface area (Å²) in [5.41, 5.74) is 6.73. The Bertz CT molecular complexity index is 1410. The maximum atomic E-state index is 14.5. The first-order valence-electron chi connectivity index (χ1n) is 8.82. The minimum absolute atomic E-state index is 0.000229. The van der Waals surface area contributed by atoms with E-state index < -0.39 is 17.4 Å². The van der Waals surface area contributed by atoms with Crippen LogP contribution in [0.25, 0.3) is 33.1 Å². The third-order valence-electron chi connectivity index (χ3n) is 5.29. The molecule has 0 unspecified atom stereocenters. The molecule has 0 spiro atoms. The van der Waals surface area contributed by atoms with Crippen molar-refractivity contribution >= 4 is 27.7 Å². The van der Waals surface area contributed by atoms with E-state index in [1.807, 2.05) is 0 Å². The quantitative estimate of drug-likeness (QED) is 0.517. The topological polar surface area (TPSA) is 94.0 Å². The Morgan fingerprint density at radius 1 is 1.14 bits per heavy atom. The highest BCUT2D eigenvalue weighted by Crippen LogP contribution is 2.40. The second-order valence-electron chi connectivity index (χ2n) is 7.11. The van der Waals surface area contributed by atoms with Gasteiger partial charge in [0.05, 0.1) is 11.2 Å². The number of nitrogens with zero attached hydrogens (tertiary/aromatic N) is 1. The number of halogens is 2. The molecule has 2 aromatic heterocycles. The van der Waals surface area contributed by atoms with Crippen LogP contribution in [0.4, 0.5) is 14.5 Å². The zero-order chi connectivity index (χ0) is 19.7. The molecule has 5 rings (SSSR count). The fraction of sp³-hybridized carbons (Fsp3) is 0.200. The average Bonchev–Trinajstić information content (AvgIpc) is 3.40. The van der Waals surface area contributed by atoms with Gasteiger partial charge in [0.1, 0.15) is 11.6 Å². The molecule has 28 heavy (non-hydrogen) atoms. The highest BCUT2D eigenvalue weighted by Gasteiger charge is 2.30. The minimum Gasteiger partial charge on any atom is -0.407 e. The third kappa shape index (κ3) is 2.24. The summed E-state index contributed by atoms with van der Waals surface area (Å²) >= 11 is 0. The number of pyridine rings is 1. The number of rotatable bonds is 2. The molecule has 0 aliphatic heterocycles. The van der Waals surface area contributed by atoms with E-state index in [2.05, 4.69) is 4.98 Å². The fourth-order valence-electron chi connectivity index (χ4n) is 3.83. The number of hydrogen-bond donors (Lipinski definition) is 2. The van der Waals surface area contributed by atoms with E-state index in [0.29, 0.717) is 22.0 Å². The van der Waals surface area contributed by atoms with Gasteiger partial charge in [-0.1, -0.05) is 6.07 Å². The van der Waals surface area contributed by atoms with Crippen LogP contribution in [0.3, 0.4) is 0 Å². The van der Waals surface area contributed by atoms with Gasteiger partial charge in [0, 0.05) is 23.1 Å². The summed E-state index contributed by atoms with van der Waals surface area (Å²) in [6.45, 7) is 1.74. The van der Waals surface area contributed by atoms with E-state index in [1.165, 1.54) is 0 Å². The van der Waals surface area contributed by atoms with Crippen molar-refractivity contribution in [1.82, 2.24) is 9.55 Å². The van der Waals surface area contributed by atoms with Crippen molar-refractivity contribution in [2.24, 2.45) is 0 Å². The lowest BCUT2D eigenvalue weighted by Gasteiger charge is -2.16. The normalized spacial score (nSPS) is 14.2. The van der Waals surface area contributed by atoms with E-state index in [-0.39, 0.29) is 34.0 Å². The molecule has 142 valence electrons. The van der Waals surface area contributed by atoms with Crippen LogP contribution in [-0.4, -0.2) is 9.55 Å². The number of nitrogen functional groups attached to an aromatic ring is 1. The van der Waals surface area contributed by atoms with Crippen molar-refractivity contribution in [3.63, 3.8) is 0 Å². The molecule has 1 aliphatic carbocycles. The Hall–Kier alpha value is -3.42. The number of oxazole rings is 1. The van der Waals surface area contributed by atoms with Gasteiger partial charge < -0.3 is 14.7 Å². The van der Waals surface area contributed by atoms with Crippen LogP contribution in [0.2, 0.25) is 0 Å². The summed E-state index contributed by atoms with van der Waals surface area (Å²) in [6, 6.07) is 5.27. The van der Waals surface area contributed by atoms with Gasteiger partial charge in [-0.15, -0.1) is 0 Å². The van der Waals surface area contributed by atoms with E-state index in [4.69, 9.17) is 10.2 Å². The van der Waals surface area contributed by atoms with Gasteiger partial charge in [-0.25, -0.2) is 13.6 Å². The first-order chi connectivity index (χ1) is 13.4. The second kappa shape index (κ2) is 5.54. The van der Waals surface area contributed by atoms with Crippen LogP contribution < -0.4 is 17.0 Å².